The van der Waals surface area contributed by atoms with E-state index in [2.05, 4.69) is 17.5 Å². The lowest BCUT2D eigenvalue weighted by atomic mass is 9.95. The first-order valence-electron chi connectivity index (χ1n) is 13.2. The zero-order valence-corrected chi connectivity index (χ0v) is 24.6. The third-order valence-electron chi connectivity index (χ3n) is 7.02. The second kappa shape index (κ2) is 12.2. The maximum atomic E-state index is 15.8. The Morgan fingerprint density at radius 3 is 2.67 bits per heavy atom. The number of aryl methyl sites for hydroxylation is 1. The van der Waals surface area contributed by atoms with E-state index in [1.807, 2.05) is 20.8 Å². The van der Waals surface area contributed by atoms with Gasteiger partial charge in [-0.1, -0.05) is 44.0 Å². The fourth-order valence-corrected chi connectivity index (χ4v) is 5.15. The van der Waals surface area contributed by atoms with Crippen molar-refractivity contribution in [3.8, 4) is 18.0 Å². The first-order chi connectivity index (χ1) is 19.9. The Kier molecular flexibility index (Phi) is 8.83. The molecule has 42 heavy (non-hydrogen) atoms. The number of alkyl halides is 1. The molecule has 1 aliphatic heterocycles. The maximum absolute atomic E-state index is 15.8. The van der Waals surface area contributed by atoms with E-state index in [0.29, 0.717) is 28.4 Å². The lowest BCUT2D eigenvalue weighted by Gasteiger charge is -2.44. The highest BCUT2D eigenvalue weighted by atomic mass is 35.5. The van der Waals surface area contributed by atoms with Crippen molar-refractivity contribution >= 4 is 28.7 Å². The minimum Gasteiger partial charge on any atom is -0.501 e. The molecule has 0 saturated carbocycles. The summed E-state index contributed by atoms with van der Waals surface area (Å²) in [6, 6.07) is 3.23. The number of likely N-dealkylation sites (tertiary alicyclic amines) is 1. The molecule has 11 heteroatoms. The third-order valence-corrected chi connectivity index (χ3v) is 7.35. The first kappa shape index (κ1) is 30.5. The van der Waals surface area contributed by atoms with Crippen molar-refractivity contribution in [3.63, 3.8) is 0 Å². The van der Waals surface area contributed by atoms with Gasteiger partial charge >= 0.3 is 11.1 Å². The summed E-state index contributed by atoms with van der Waals surface area (Å²) in [6.45, 7) is 8.11. The molecule has 0 spiro atoms. The van der Waals surface area contributed by atoms with Crippen LogP contribution in [-0.2, 0) is 22.5 Å². The SMILES string of the molecule is C#C/C=C\C=C(/Cc1nc2c(cc1Cl)n(CC1(F)CN(C(=O)C=C)C1)c(=O)c(=O)n2-c1c(C)ccnc1C(C)C)OC. The average Bonchev–Trinajstić information content (AvgIpc) is 2.94. The van der Waals surface area contributed by atoms with Gasteiger partial charge in [-0.3, -0.25) is 28.5 Å². The fraction of sp³-hybridized carbons (Fsp3) is 0.323. The molecule has 4 rings (SSSR count). The molecule has 9 nitrogen and oxygen atoms in total. The van der Waals surface area contributed by atoms with Crippen LogP contribution in [0.15, 0.2) is 64.6 Å². The molecular weight excluding hydrogens is 561 g/mol. The molecular formula is C31H31ClFN5O4. The van der Waals surface area contributed by atoms with Gasteiger partial charge < -0.3 is 9.64 Å². The molecule has 1 saturated heterocycles. The molecule has 0 atom stereocenters. The van der Waals surface area contributed by atoms with E-state index in [1.54, 1.807) is 24.4 Å². The highest BCUT2D eigenvalue weighted by molar-refractivity contribution is 6.31. The largest absolute Gasteiger partial charge is 0.501 e. The number of carbonyl (C=O) groups is 1. The molecule has 218 valence electrons. The number of amides is 1. The van der Waals surface area contributed by atoms with Gasteiger partial charge in [0.05, 0.1) is 54.4 Å². The van der Waals surface area contributed by atoms with E-state index in [4.69, 9.17) is 27.7 Å². The van der Waals surface area contributed by atoms with Gasteiger partial charge in [0.15, 0.2) is 11.3 Å². The smallest absolute Gasteiger partial charge is 0.322 e. The Hall–Kier alpha value is -4.49. The molecule has 0 aliphatic carbocycles. The van der Waals surface area contributed by atoms with E-state index < -0.39 is 29.2 Å². The molecule has 1 aliphatic rings. The van der Waals surface area contributed by atoms with E-state index in [0.717, 1.165) is 10.6 Å². The van der Waals surface area contributed by atoms with Gasteiger partial charge in [0.2, 0.25) is 5.91 Å². The Labute approximate surface area is 247 Å². The van der Waals surface area contributed by atoms with Gasteiger partial charge in [0.1, 0.15) is 5.76 Å². The van der Waals surface area contributed by atoms with Crippen LogP contribution in [0.25, 0.3) is 16.9 Å². The van der Waals surface area contributed by atoms with E-state index in [9.17, 15) is 14.4 Å². The summed E-state index contributed by atoms with van der Waals surface area (Å²) < 4.78 is 23.5. The molecule has 1 fully saturated rings. The Morgan fingerprint density at radius 2 is 2.05 bits per heavy atom. The molecule has 1 amide bonds. The number of terminal acetylenes is 1. The molecule has 0 N–H and O–H groups in total. The Bertz CT molecular complexity index is 1790. The average molecular weight is 592 g/mol. The predicted molar refractivity (Wildman–Crippen MR) is 161 cm³/mol. The van der Waals surface area contributed by atoms with Crippen molar-refractivity contribution in [1.29, 1.82) is 0 Å². The molecule has 3 aromatic rings. The highest BCUT2D eigenvalue weighted by Crippen LogP contribution is 2.31. The number of hydrogen-bond acceptors (Lipinski definition) is 6. The summed E-state index contributed by atoms with van der Waals surface area (Å²) >= 11 is 6.68. The summed E-state index contributed by atoms with van der Waals surface area (Å²) in [5, 5.41) is 0.182. The van der Waals surface area contributed by atoms with Crippen LogP contribution in [0, 0.1) is 19.3 Å². The van der Waals surface area contributed by atoms with Gasteiger partial charge in [0.25, 0.3) is 0 Å². The highest BCUT2D eigenvalue weighted by Gasteiger charge is 2.46. The van der Waals surface area contributed by atoms with Crippen LogP contribution in [0.1, 0.15) is 36.7 Å². The number of rotatable bonds is 9. The van der Waals surface area contributed by atoms with Crippen LogP contribution in [0.2, 0.25) is 5.02 Å². The summed E-state index contributed by atoms with van der Waals surface area (Å²) in [4.78, 5) is 49.9. The van der Waals surface area contributed by atoms with Crippen LogP contribution >= 0.6 is 11.6 Å². The number of nitrogens with zero attached hydrogens (tertiary/aromatic N) is 5. The van der Waals surface area contributed by atoms with Crippen molar-refractivity contribution in [2.45, 2.75) is 45.3 Å². The van der Waals surface area contributed by atoms with Crippen LogP contribution in [0.3, 0.4) is 0 Å². The number of hydrogen-bond donors (Lipinski definition) is 0. The van der Waals surface area contributed by atoms with Gasteiger partial charge in [-0.05, 0) is 48.8 Å². The zero-order chi connectivity index (χ0) is 30.8. The standard InChI is InChI=1S/C31H31ClFN5O4/c1-7-9-10-11-21(42-6)14-23-22(32)15-24-28(35-23)38(27-20(5)12-13-34-26(27)19(3)4)30(41)29(40)37(24)18-31(33)16-36(17-31)25(39)8-2/h1,8-13,15,19H,2,14,16-18H2,3-6H3/b10-9-,21-11+. The topological polar surface area (TPSA) is 99.3 Å². The number of halogens is 2. The van der Waals surface area contributed by atoms with E-state index >= 15 is 4.39 Å². The lowest BCUT2D eigenvalue weighted by Crippen LogP contribution is -2.63. The predicted octanol–water partition coefficient (Wildman–Crippen LogP) is 4.03. The number of aromatic nitrogens is 4. The fourth-order valence-electron chi connectivity index (χ4n) is 4.94. The van der Waals surface area contributed by atoms with Crippen molar-refractivity contribution in [2.75, 3.05) is 20.2 Å². The van der Waals surface area contributed by atoms with Crippen molar-refractivity contribution in [2.24, 2.45) is 0 Å². The van der Waals surface area contributed by atoms with Gasteiger partial charge in [-0.15, -0.1) is 6.42 Å². The number of methoxy groups -OCH3 is 1. The van der Waals surface area contributed by atoms with Crippen molar-refractivity contribution in [1.82, 2.24) is 24.0 Å². The third kappa shape index (κ3) is 5.78. The van der Waals surface area contributed by atoms with Gasteiger partial charge in [-0.2, -0.15) is 0 Å². The Balaban J connectivity index is 2.00. The molecule has 4 heterocycles. The molecule has 0 aromatic carbocycles. The number of allylic oxidation sites excluding steroid dienone is 4. The second-order valence-corrected chi connectivity index (χ2v) is 10.8. The van der Waals surface area contributed by atoms with Crippen LogP contribution in [0.4, 0.5) is 4.39 Å². The normalized spacial score (nSPS) is 14.7. The number of carbonyl (C=O) groups excluding carboxylic acids is 1. The van der Waals surface area contributed by atoms with Crippen molar-refractivity contribution < 1.29 is 13.9 Å². The van der Waals surface area contributed by atoms with Crippen LogP contribution < -0.4 is 11.1 Å². The van der Waals surface area contributed by atoms with Gasteiger partial charge in [-0.25, -0.2) is 9.37 Å². The van der Waals surface area contributed by atoms with Crippen LogP contribution in [-0.4, -0.2) is 55.8 Å². The summed E-state index contributed by atoms with van der Waals surface area (Å²) in [6.07, 6.45) is 13.0. The van der Waals surface area contributed by atoms with Crippen molar-refractivity contribution in [3.05, 3.63) is 97.7 Å². The molecule has 0 radical (unpaired) electrons. The first-order valence-corrected chi connectivity index (χ1v) is 13.6. The minimum absolute atomic E-state index is 0.0977. The number of pyridine rings is 2. The monoisotopic (exact) mass is 591 g/mol. The molecule has 3 aromatic heterocycles. The number of fused-ring (bicyclic) bond motifs is 1. The Morgan fingerprint density at radius 1 is 1.33 bits per heavy atom. The van der Waals surface area contributed by atoms with E-state index in [1.165, 1.54) is 28.7 Å². The molecule has 0 bridgehead atoms. The van der Waals surface area contributed by atoms with Gasteiger partial charge in [0, 0.05) is 12.6 Å². The minimum atomic E-state index is -1.94. The summed E-state index contributed by atoms with van der Waals surface area (Å²) in [5.74, 6) is 2.37. The zero-order valence-electron chi connectivity index (χ0n) is 23.9. The van der Waals surface area contributed by atoms with Crippen LogP contribution in [0.5, 0.6) is 0 Å². The summed E-state index contributed by atoms with van der Waals surface area (Å²) in [7, 11) is 1.49. The second-order valence-electron chi connectivity index (χ2n) is 10.4. The lowest BCUT2D eigenvalue weighted by molar-refractivity contribution is -0.141. The quantitative estimate of drug-likeness (QED) is 0.123. The number of ether oxygens (including phenoxy) is 1. The molecule has 0 unspecified atom stereocenters. The summed E-state index contributed by atoms with van der Waals surface area (Å²) in [5.41, 5.74) is -1.47. The maximum Gasteiger partial charge on any atom is 0.322 e. The van der Waals surface area contributed by atoms with E-state index in [-0.39, 0.29) is 41.6 Å².